The number of piperidine rings is 1. The van der Waals surface area contributed by atoms with E-state index in [-0.39, 0.29) is 0 Å². The Kier molecular flexibility index (Phi) is 6.56. The highest BCUT2D eigenvalue weighted by atomic mass is 32.2. The molecule has 0 unspecified atom stereocenters. The number of nitrogens with zero attached hydrogens (tertiary/aromatic N) is 2. The molecule has 0 radical (unpaired) electrons. The largest absolute Gasteiger partial charge is 0.340 e. The molecule has 1 aromatic heterocycles. The summed E-state index contributed by atoms with van der Waals surface area (Å²) in [4.78, 5) is 0.454. The molecule has 0 spiro atoms. The molecule has 5 heteroatoms. The second-order valence-electron chi connectivity index (χ2n) is 10.4. The molecule has 1 aliphatic heterocycles. The van der Waals surface area contributed by atoms with E-state index >= 15 is 0 Å². The molecule has 0 N–H and O–H groups in total. The van der Waals surface area contributed by atoms with Crippen molar-refractivity contribution in [3.05, 3.63) is 99.7 Å². The van der Waals surface area contributed by atoms with Crippen molar-refractivity contribution in [3.63, 3.8) is 0 Å². The van der Waals surface area contributed by atoms with Crippen molar-refractivity contribution in [2.45, 2.75) is 64.8 Å². The summed E-state index contributed by atoms with van der Waals surface area (Å²) in [5.74, 6) is 0.348. The number of aromatic nitrogens is 1. The topological polar surface area (TPSA) is 42.3 Å². The molecule has 3 aromatic carbocycles. The predicted octanol–water partition coefficient (Wildman–Crippen LogP) is 6.80. The molecule has 5 rings (SSSR count). The fraction of sp³-hybridized carbons (Fsp3) is 0.355. The van der Waals surface area contributed by atoms with Crippen LogP contribution in [0.25, 0.3) is 10.9 Å². The van der Waals surface area contributed by atoms with Crippen molar-refractivity contribution >= 4 is 20.9 Å². The minimum atomic E-state index is -3.50. The first-order valence-electron chi connectivity index (χ1n) is 12.9. The fourth-order valence-corrected chi connectivity index (χ4v) is 7.63. The summed E-state index contributed by atoms with van der Waals surface area (Å²) in [7, 11) is -3.50. The van der Waals surface area contributed by atoms with Crippen molar-refractivity contribution in [3.8, 4) is 0 Å². The lowest BCUT2D eigenvalue weighted by Gasteiger charge is -2.32. The summed E-state index contributed by atoms with van der Waals surface area (Å²) in [6, 6.07) is 21.1. The maximum atomic E-state index is 13.6. The zero-order valence-electron chi connectivity index (χ0n) is 22.0. The van der Waals surface area contributed by atoms with E-state index in [2.05, 4.69) is 66.9 Å². The van der Waals surface area contributed by atoms with Crippen LogP contribution in [0.15, 0.2) is 65.6 Å². The van der Waals surface area contributed by atoms with Crippen molar-refractivity contribution < 1.29 is 8.42 Å². The Labute approximate surface area is 215 Å². The van der Waals surface area contributed by atoms with E-state index in [1.807, 2.05) is 32.9 Å². The standard InChI is InChI=1S/C31H36N2O2S/c1-21-10-6-7-11-27(21)20-33-25(5)31(28-12-8-9-13-29(28)33)26-14-16-32(17-15-26)36(34,35)30-19-23(3)22(2)18-24(30)4/h6-13,18-19,26H,14-17,20H2,1-5H3. The minimum absolute atomic E-state index is 0.348. The van der Waals surface area contributed by atoms with Gasteiger partial charge < -0.3 is 4.57 Å². The summed E-state index contributed by atoms with van der Waals surface area (Å²) < 4.78 is 31.2. The van der Waals surface area contributed by atoms with Crippen LogP contribution in [0.3, 0.4) is 0 Å². The molecule has 1 aliphatic rings. The van der Waals surface area contributed by atoms with E-state index in [0.29, 0.717) is 23.9 Å². The second-order valence-corrected chi connectivity index (χ2v) is 12.3. The lowest BCUT2D eigenvalue weighted by molar-refractivity contribution is 0.319. The smallest absolute Gasteiger partial charge is 0.243 e. The third kappa shape index (κ3) is 4.29. The second kappa shape index (κ2) is 9.53. The molecular weight excluding hydrogens is 464 g/mol. The molecule has 0 saturated carbocycles. The van der Waals surface area contributed by atoms with Gasteiger partial charge >= 0.3 is 0 Å². The average molecular weight is 501 g/mol. The van der Waals surface area contributed by atoms with Crippen LogP contribution in [-0.2, 0) is 16.6 Å². The van der Waals surface area contributed by atoms with Gasteiger partial charge in [0.1, 0.15) is 0 Å². The summed E-state index contributed by atoms with van der Waals surface area (Å²) in [5.41, 5.74) is 9.55. The molecule has 2 heterocycles. The van der Waals surface area contributed by atoms with Gasteiger partial charge in [-0.15, -0.1) is 0 Å². The molecule has 1 fully saturated rings. The lowest BCUT2D eigenvalue weighted by Crippen LogP contribution is -2.38. The van der Waals surface area contributed by atoms with Crippen LogP contribution in [0.2, 0.25) is 0 Å². The highest BCUT2D eigenvalue weighted by molar-refractivity contribution is 7.89. The molecule has 4 nitrogen and oxygen atoms in total. The van der Waals surface area contributed by atoms with E-state index < -0.39 is 10.0 Å². The number of hydrogen-bond acceptors (Lipinski definition) is 2. The number of aryl methyl sites for hydroxylation is 4. The monoisotopic (exact) mass is 500 g/mol. The Balaban J connectivity index is 1.44. The number of rotatable bonds is 5. The molecule has 36 heavy (non-hydrogen) atoms. The highest BCUT2D eigenvalue weighted by Crippen LogP contribution is 2.39. The van der Waals surface area contributed by atoms with E-state index in [1.165, 1.54) is 33.3 Å². The number of benzene rings is 3. The quantitative estimate of drug-likeness (QED) is 0.302. The summed E-state index contributed by atoms with van der Waals surface area (Å²) in [6.45, 7) is 12.3. The first-order valence-corrected chi connectivity index (χ1v) is 14.3. The molecule has 0 amide bonds. The fourth-order valence-electron chi connectivity index (χ4n) is 5.87. The molecule has 0 atom stereocenters. The first-order chi connectivity index (χ1) is 17.2. The Bertz CT molecular complexity index is 1540. The van der Waals surface area contributed by atoms with Gasteiger partial charge in [-0.3, -0.25) is 0 Å². The van der Waals surface area contributed by atoms with Crippen LogP contribution in [0.4, 0.5) is 0 Å². The number of fused-ring (bicyclic) bond motifs is 1. The Morgan fingerprint density at radius 1 is 0.778 bits per heavy atom. The third-order valence-electron chi connectivity index (χ3n) is 8.14. The van der Waals surface area contributed by atoms with Gasteiger partial charge in [0.25, 0.3) is 0 Å². The Morgan fingerprint density at radius 2 is 1.42 bits per heavy atom. The van der Waals surface area contributed by atoms with Gasteiger partial charge in [0.2, 0.25) is 10.0 Å². The zero-order valence-corrected chi connectivity index (χ0v) is 22.8. The number of para-hydroxylation sites is 1. The maximum absolute atomic E-state index is 13.6. The summed E-state index contributed by atoms with van der Waals surface area (Å²) in [6.07, 6.45) is 1.67. The van der Waals surface area contributed by atoms with Crippen LogP contribution in [0.5, 0.6) is 0 Å². The van der Waals surface area contributed by atoms with E-state index in [9.17, 15) is 8.42 Å². The highest BCUT2D eigenvalue weighted by Gasteiger charge is 2.33. The van der Waals surface area contributed by atoms with Crippen LogP contribution in [0.1, 0.15) is 57.8 Å². The third-order valence-corrected chi connectivity index (χ3v) is 10.2. The van der Waals surface area contributed by atoms with Gasteiger partial charge in [0, 0.05) is 36.2 Å². The van der Waals surface area contributed by atoms with E-state index in [1.54, 1.807) is 4.31 Å². The molecule has 0 bridgehead atoms. The van der Waals surface area contributed by atoms with Gasteiger partial charge in [-0.05, 0) is 98.9 Å². The summed E-state index contributed by atoms with van der Waals surface area (Å²) >= 11 is 0. The van der Waals surface area contributed by atoms with E-state index in [0.717, 1.165) is 36.1 Å². The molecule has 188 valence electrons. The predicted molar refractivity (Wildman–Crippen MR) is 148 cm³/mol. The minimum Gasteiger partial charge on any atom is -0.340 e. The van der Waals surface area contributed by atoms with Gasteiger partial charge in [0.15, 0.2) is 0 Å². The molecule has 4 aromatic rings. The lowest BCUT2D eigenvalue weighted by atomic mass is 9.88. The van der Waals surface area contributed by atoms with Crippen LogP contribution in [0, 0.1) is 34.6 Å². The zero-order chi connectivity index (χ0) is 25.6. The van der Waals surface area contributed by atoms with Crippen LogP contribution in [-0.4, -0.2) is 30.4 Å². The van der Waals surface area contributed by atoms with E-state index in [4.69, 9.17) is 0 Å². The Hall–Kier alpha value is -2.89. The number of hydrogen-bond donors (Lipinski definition) is 0. The van der Waals surface area contributed by atoms with Gasteiger partial charge in [-0.1, -0.05) is 48.5 Å². The normalized spacial score (nSPS) is 15.6. The number of sulfonamides is 1. The average Bonchev–Trinajstić information content (AvgIpc) is 3.14. The van der Waals surface area contributed by atoms with Crippen molar-refractivity contribution in [1.82, 2.24) is 8.87 Å². The molecule has 0 aliphatic carbocycles. The maximum Gasteiger partial charge on any atom is 0.243 e. The molecule has 1 saturated heterocycles. The van der Waals surface area contributed by atoms with Crippen LogP contribution >= 0.6 is 0 Å². The van der Waals surface area contributed by atoms with Crippen molar-refractivity contribution in [1.29, 1.82) is 0 Å². The van der Waals surface area contributed by atoms with Gasteiger partial charge in [0.05, 0.1) is 4.90 Å². The Morgan fingerprint density at radius 3 is 2.14 bits per heavy atom. The SMILES string of the molecule is Cc1cc(C)c(S(=O)(=O)N2CCC(c3c(C)n(Cc4ccccc4C)c4ccccc34)CC2)cc1C. The van der Waals surface area contributed by atoms with Gasteiger partial charge in [-0.25, -0.2) is 8.42 Å². The molecular formula is C31H36N2O2S. The van der Waals surface area contributed by atoms with Crippen LogP contribution < -0.4 is 0 Å². The van der Waals surface area contributed by atoms with Crippen molar-refractivity contribution in [2.75, 3.05) is 13.1 Å². The first kappa shape index (κ1) is 24.8. The van der Waals surface area contributed by atoms with Crippen molar-refractivity contribution in [2.24, 2.45) is 0 Å². The summed E-state index contributed by atoms with van der Waals surface area (Å²) in [5, 5.41) is 1.30. The van der Waals surface area contributed by atoms with Gasteiger partial charge in [-0.2, -0.15) is 4.31 Å².